The minimum absolute atomic E-state index is 0.258. The van der Waals surface area contributed by atoms with Crippen LogP contribution in [0, 0.1) is 11.8 Å². The first-order chi connectivity index (χ1) is 15.7. The standard InChI is InChI=1S/C29H59NO2/c1-5-9-12-14-20-27(19-13-10-6-2)21-15-17-24-32-25-18-16-23-30-26-29(31)28(8-4)22-11-7-3/h27-28,30H,5-26H2,1-4H3. The molecular weight excluding hydrogens is 394 g/mol. The van der Waals surface area contributed by atoms with Gasteiger partial charge in [-0.1, -0.05) is 111 Å². The minimum atomic E-state index is 0.258. The van der Waals surface area contributed by atoms with Crippen LogP contribution in [-0.4, -0.2) is 32.1 Å². The molecular formula is C29H59NO2. The Morgan fingerprint density at radius 2 is 1.22 bits per heavy atom. The number of carbonyl (C=O) groups is 1. The van der Waals surface area contributed by atoms with E-state index in [9.17, 15) is 4.79 Å². The normalized spacial score (nSPS) is 13.4. The van der Waals surface area contributed by atoms with Crippen LogP contribution in [0.5, 0.6) is 0 Å². The van der Waals surface area contributed by atoms with Gasteiger partial charge in [-0.3, -0.25) is 4.79 Å². The third-order valence-corrected chi connectivity index (χ3v) is 6.88. The van der Waals surface area contributed by atoms with Gasteiger partial charge in [0.1, 0.15) is 5.78 Å². The number of Topliss-reactive ketones (excluding diaryl/α,β-unsaturated/α-hetero) is 1. The van der Waals surface area contributed by atoms with E-state index in [2.05, 4.69) is 33.0 Å². The van der Waals surface area contributed by atoms with E-state index in [4.69, 9.17) is 4.74 Å². The summed E-state index contributed by atoms with van der Waals surface area (Å²) in [7, 11) is 0. The lowest BCUT2D eigenvalue weighted by atomic mass is 9.90. The zero-order valence-electron chi connectivity index (χ0n) is 22.5. The number of rotatable bonds is 26. The Bertz CT molecular complexity index is 385. The molecule has 0 saturated carbocycles. The molecule has 0 bridgehead atoms. The Kier molecular flexibility index (Phi) is 24.9. The van der Waals surface area contributed by atoms with Crippen LogP contribution in [0.1, 0.15) is 143 Å². The molecule has 0 fully saturated rings. The largest absolute Gasteiger partial charge is 0.381 e. The second-order valence-electron chi connectivity index (χ2n) is 9.92. The highest BCUT2D eigenvalue weighted by molar-refractivity contribution is 5.82. The van der Waals surface area contributed by atoms with Gasteiger partial charge in [-0.2, -0.15) is 0 Å². The third-order valence-electron chi connectivity index (χ3n) is 6.88. The fraction of sp³-hybridized carbons (Fsp3) is 0.966. The average Bonchev–Trinajstić information content (AvgIpc) is 2.80. The van der Waals surface area contributed by atoms with Crippen molar-refractivity contribution in [3.8, 4) is 0 Å². The molecule has 0 aromatic carbocycles. The second-order valence-corrected chi connectivity index (χ2v) is 9.92. The molecule has 0 aromatic rings. The monoisotopic (exact) mass is 453 g/mol. The minimum Gasteiger partial charge on any atom is -0.381 e. The van der Waals surface area contributed by atoms with Crippen LogP contribution in [0.3, 0.4) is 0 Å². The van der Waals surface area contributed by atoms with Crippen LogP contribution in [0.15, 0.2) is 0 Å². The topological polar surface area (TPSA) is 38.3 Å². The molecule has 0 heterocycles. The molecule has 3 heteroatoms. The summed E-state index contributed by atoms with van der Waals surface area (Å²) in [5.74, 6) is 1.60. The van der Waals surface area contributed by atoms with Crippen molar-refractivity contribution >= 4 is 5.78 Å². The van der Waals surface area contributed by atoms with Crippen molar-refractivity contribution in [2.24, 2.45) is 11.8 Å². The SMILES string of the molecule is CCCCCCC(CCCCC)CCCCOCCCCNCC(=O)C(CC)CCCC. The molecule has 3 nitrogen and oxygen atoms in total. The van der Waals surface area contributed by atoms with Crippen LogP contribution in [-0.2, 0) is 9.53 Å². The van der Waals surface area contributed by atoms with E-state index >= 15 is 0 Å². The number of hydrogen-bond acceptors (Lipinski definition) is 3. The summed E-state index contributed by atoms with van der Waals surface area (Å²) in [4.78, 5) is 12.2. The zero-order valence-corrected chi connectivity index (χ0v) is 22.5. The Morgan fingerprint density at radius 1 is 0.656 bits per heavy atom. The summed E-state index contributed by atoms with van der Waals surface area (Å²) in [6.45, 7) is 12.2. The van der Waals surface area contributed by atoms with E-state index in [1.165, 1.54) is 89.9 Å². The first-order valence-corrected chi connectivity index (χ1v) is 14.5. The maximum atomic E-state index is 12.2. The second kappa shape index (κ2) is 25.2. The zero-order chi connectivity index (χ0) is 23.7. The van der Waals surface area contributed by atoms with Gasteiger partial charge < -0.3 is 10.1 Å². The van der Waals surface area contributed by atoms with Crippen LogP contribution in [0.25, 0.3) is 0 Å². The predicted molar refractivity (Wildman–Crippen MR) is 141 cm³/mol. The highest BCUT2D eigenvalue weighted by Crippen LogP contribution is 2.23. The molecule has 0 rings (SSSR count). The van der Waals surface area contributed by atoms with Crippen molar-refractivity contribution in [2.45, 2.75) is 143 Å². The third kappa shape index (κ3) is 20.2. The van der Waals surface area contributed by atoms with E-state index < -0.39 is 0 Å². The van der Waals surface area contributed by atoms with Gasteiger partial charge in [-0.25, -0.2) is 0 Å². The summed E-state index contributed by atoms with van der Waals surface area (Å²) in [5.41, 5.74) is 0. The van der Waals surface area contributed by atoms with E-state index in [1.54, 1.807) is 0 Å². The van der Waals surface area contributed by atoms with Crippen LogP contribution in [0.4, 0.5) is 0 Å². The molecule has 0 spiro atoms. The quantitative estimate of drug-likeness (QED) is 0.133. The number of unbranched alkanes of at least 4 members (excludes halogenated alkanes) is 8. The van der Waals surface area contributed by atoms with Crippen molar-refractivity contribution in [1.29, 1.82) is 0 Å². The van der Waals surface area contributed by atoms with Crippen molar-refractivity contribution in [3.63, 3.8) is 0 Å². The Balaban J connectivity index is 3.63. The number of hydrogen-bond donors (Lipinski definition) is 1. The molecule has 0 radical (unpaired) electrons. The van der Waals surface area contributed by atoms with Crippen LogP contribution in [0.2, 0.25) is 0 Å². The van der Waals surface area contributed by atoms with Gasteiger partial charge in [0.25, 0.3) is 0 Å². The molecule has 0 aliphatic rings. The first-order valence-electron chi connectivity index (χ1n) is 14.5. The number of nitrogens with one attached hydrogen (secondary N) is 1. The Labute approximate surface area is 202 Å². The van der Waals surface area contributed by atoms with E-state index in [0.29, 0.717) is 12.3 Å². The highest BCUT2D eigenvalue weighted by Gasteiger charge is 2.14. The number of ketones is 1. The molecule has 192 valence electrons. The summed E-state index contributed by atoms with van der Waals surface area (Å²) >= 11 is 0. The van der Waals surface area contributed by atoms with Crippen molar-refractivity contribution in [1.82, 2.24) is 5.32 Å². The summed E-state index contributed by atoms with van der Waals surface area (Å²) in [5, 5.41) is 3.34. The molecule has 0 aliphatic heterocycles. The average molecular weight is 454 g/mol. The molecule has 32 heavy (non-hydrogen) atoms. The smallest absolute Gasteiger partial charge is 0.149 e. The maximum absolute atomic E-state index is 12.2. The van der Waals surface area contributed by atoms with Crippen molar-refractivity contribution in [2.75, 3.05) is 26.3 Å². The fourth-order valence-electron chi connectivity index (χ4n) is 4.57. The molecule has 0 aromatic heterocycles. The van der Waals surface area contributed by atoms with Gasteiger partial charge in [0.15, 0.2) is 0 Å². The molecule has 0 saturated heterocycles. The summed E-state index contributed by atoms with van der Waals surface area (Å²) < 4.78 is 5.86. The highest BCUT2D eigenvalue weighted by atomic mass is 16.5. The van der Waals surface area contributed by atoms with Gasteiger partial charge in [0.2, 0.25) is 0 Å². The Hall–Kier alpha value is -0.410. The van der Waals surface area contributed by atoms with E-state index in [1.807, 2.05) is 0 Å². The number of carbonyl (C=O) groups excluding carboxylic acids is 1. The van der Waals surface area contributed by atoms with Crippen LogP contribution >= 0.6 is 0 Å². The van der Waals surface area contributed by atoms with Gasteiger partial charge in [-0.05, 0) is 44.6 Å². The molecule has 2 atom stereocenters. The van der Waals surface area contributed by atoms with E-state index in [0.717, 1.165) is 51.4 Å². The molecule has 1 N–H and O–H groups in total. The lowest BCUT2D eigenvalue weighted by molar-refractivity contribution is -0.122. The van der Waals surface area contributed by atoms with Gasteiger partial charge in [0.05, 0.1) is 6.54 Å². The van der Waals surface area contributed by atoms with Crippen molar-refractivity contribution < 1.29 is 9.53 Å². The lowest BCUT2D eigenvalue weighted by Gasteiger charge is -2.17. The lowest BCUT2D eigenvalue weighted by Crippen LogP contribution is -2.29. The summed E-state index contributed by atoms with van der Waals surface area (Å²) in [6, 6.07) is 0. The first kappa shape index (κ1) is 31.6. The molecule has 2 unspecified atom stereocenters. The van der Waals surface area contributed by atoms with Gasteiger partial charge >= 0.3 is 0 Å². The van der Waals surface area contributed by atoms with Crippen molar-refractivity contribution in [3.05, 3.63) is 0 Å². The van der Waals surface area contributed by atoms with Gasteiger partial charge in [-0.15, -0.1) is 0 Å². The number of ether oxygens (including phenoxy) is 1. The molecule has 0 aliphatic carbocycles. The van der Waals surface area contributed by atoms with Crippen LogP contribution < -0.4 is 5.32 Å². The maximum Gasteiger partial charge on any atom is 0.149 e. The fourth-order valence-corrected chi connectivity index (χ4v) is 4.57. The summed E-state index contributed by atoms with van der Waals surface area (Å²) in [6.07, 6.45) is 23.1. The Morgan fingerprint density at radius 3 is 1.84 bits per heavy atom. The van der Waals surface area contributed by atoms with Gasteiger partial charge in [0, 0.05) is 19.1 Å². The van der Waals surface area contributed by atoms with E-state index in [-0.39, 0.29) is 5.92 Å². The molecule has 0 amide bonds. The predicted octanol–water partition coefficient (Wildman–Crippen LogP) is 8.50.